The molecule has 0 atom stereocenters. The second-order valence-corrected chi connectivity index (χ2v) is 2.51. The van der Waals surface area contributed by atoms with E-state index >= 15 is 0 Å². The minimum Gasteiger partial charge on any atom is -0.362 e. The van der Waals surface area contributed by atoms with Gasteiger partial charge in [0.1, 0.15) is 0 Å². The lowest BCUT2D eigenvalue weighted by Crippen LogP contribution is -1.85. The van der Waals surface area contributed by atoms with Crippen molar-refractivity contribution in [2.24, 2.45) is 0 Å². The molecule has 0 saturated carbocycles. The zero-order valence-corrected chi connectivity index (χ0v) is 8.96. The zero-order chi connectivity index (χ0) is 10.1. The molecule has 0 amide bonds. The monoisotopic (exact) mass is 177 g/mol. The summed E-state index contributed by atoms with van der Waals surface area (Å²) in [5.74, 6) is 0. The Morgan fingerprint density at radius 2 is 1.62 bits per heavy atom. The predicted molar refractivity (Wildman–Crippen MR) is 61.0 cm³/mol. The third kappa shape index (κ3) is 5.07. The molecule has 13 heavy (non-hydrogen) atoms. The van der Waals surface area contributed by atoms with Gasteiger partial charge in [-0.1, -0.05) is 37.6 Å². The number of benzene rings is 1. The summed E-state index contributed by atoms with van der Waals surface area (Å²) in [5, 5.41) is 3.14. The minimum absolute atomic E-state index is 1.13. The number of hydrogen-bond acceptors (Lipinski definition) is 1. The average Bonchev–Trinajstić information content (AvgIpc) is 2.20. The molecule has 1 heteroatoms. The van der Waals surface area contributed by atoms with E-state index in [-0.39, 0.29) is 0 Å². The molecule has 0 spiro atoms. The summed E-state index contributed by atoms with van der Waals surface area (Å²) < 4.78 is 0. The van der Waals surface area contributed by atoms with Crippen LogP contribution in [-0.4, -0.2) is 0 Å². The van der Waals surface area contributed by atoms with Crippen molar-refractivity contribution in [1.82, 2.24) is 0 Å². The maximum Gasteiger partial charge on any atom is 0.0379 e. The molecule has 1 aromatic carbocycles. The van der Waals surface area contributed by atoms with Crippen LogP contribution in [0.4, 0.5) is 5.69 Å². The maximum absolute atomic E-state index is 3.14. The number of hydrogen-bond donors (Lipinski definition) is 1. The van der Waals surface area contributed by atoms with Crippen molar-refractivity contribution in [3.63, 3.8) is 0 Å². The Morgan fingerprint density at radius 3 is 2.08 bits per heavy atom. The van der Waals surface area contributed by atoms with Gasteiger partial charge in [0.05, 0.1) is 0 Å². The van der Waals surface area contributed by atoms with E-state index in [0.717, 1.165) is 5.69 Å². The van der Waals surface area contributed by atoms with Gasteiger partial charge in [-0.05, 0) is 32.2 Å². The van der Waals surface area contributed by atoms with Gasteiger partial charge in [-0.3, -0.25) is 0 Å². The van der Waals surface area contributed by atoms with Crippen molar-refractivity contribution in [3.8, 4) is 0 Å². The van der Waals surface area contributed by atoms with Crippen LogP contribution in [0.3, 0.4) is 0 Å². The number of nitrogens with one attached hydrogen (secondary N) is 1. The molecule has 0 aliphatic rings. The normalized spacial score (nSPS) is 9.23. The van der Waals surface area contributed by atoms with E-state index in [9.17, 15) is 0 Å². The Morgan fingerprint density at radius 1 is 1.08 bits per heavy atom. The molecule has 1 nitrogen and oxygen atoms in total. The first-order valence-electron chi connectivity index (χ1n) is 4.77. The van der Waals surface area contributed by atoms with Gasteiger partial charge in [-0.2, -0.15) is 0 Å². The fourth-order valence-corrected chi connectivity index (χ4v) is 0.829. The first-order valence-corrected chi connectivity index (χ1v) is 4.77. The van der Waals surface area contributed by atoms with Crippen LogP contribution in [0.1, 0.15) is 26.3 Å². The van der Waals surface area contributed by atoms with Crippen LogP contribution in [0.2, 0.25) is 0 Å². The van der Waals surface area contributed by atoms with Crippen LogP contribution in [0.25, 0.3) is 0 Å². The van der Waals surface area contributed by atoms with Gasteiger partial charge in [0, 0.05) is 5.69 Å². The highest BCUT2D eigenvalue weighted by atomic mass is 14.8. The number of anilines is 1. The van der Waals surface area contributed by atoms with E-state index in [1.807, 2.05) is 33.0 Å². The highest BCUT2D eigenvalue weighted by Crippen LogP contribution is 2.07. The minimum atomic E-state index is 1.13. The maximum atomic E-state index is 3.14. The molecule has 0 aliphatic carbocycles. The Balaban J connectivity index is 0.000000671. The largest absolute Gasteiger partial charge is 0.362 e. The van der Waals surface area contributed by atoms with Crippen molar-refractivity contribution in [1.29, 1.82) is 0 Å². The van der Waals surface area contributed by atoms with E-state index < -0.39 is 0 Å². The van der Waals surface area contributed by atoms with Crippen LogP contribution >= 0.6 is 0 Å². The summed E-state index contributed by atoms with van der Waals surface area (Å²) >= 11 is 0. The van der Waals surface area contributed by atoms with Crippen molar-refractivity contribution >= 4 is 5.69 Å². The van der Waals surface area contributed by atoms with E-state index in [4.69, 9.17) is 0 Å². The first kappa shape index (κ1) is 11.8. The van der Waals surface area contributed by atoms with Gasteiger partial charge in [0.25, 0.3) is 0 Å². The van der Waals surface area contributed by atoms with Gasteiger partial charge < -0.3 is 5.32 Å². The predicted octanol–water partition coefficient (Wildman–Crippen LogP) is 3.97. The third-order valence-electron chi connectivity index (χ3n) is 1.47. The smallest absolute Gasteiger partial charge is 0.0379 e. The molecular weight excluding hydrogens is 158 g/mol. The van der Waals surface area contributed by atoms with Gasteiger partial charge in [-0.15, -0.1) is 0 Å². The van der Waals surface area contributed by atoms with Gasteiger partial charge in [-0.25, -0.2) is 0 Å². The molecule has 0 radical (unpaired) electrons. The quantitative estimate of drug-likeness (QED) is 0.720. The Hall–Kier alpha value is -1.24. The molecule has 72 valence electrons. The number of aryl methyl sites for hydroxylation is 1. The Bertz CT molecular complexity index is 234. The fraction of sp³-hybridized carbons (Fsp3) is 0.333. The van der Waals surface area contributed by atoms with Crippen LogP contribution in [0, 0.1) is 6.92 Å². The molecular formula is C12H19N. The Labute approximate surface area is 81.5 Å². The summed E-state index contributed by atoms with van der Waals surface area (Å²) in [6.07, 6.45) is 3.89. The van der Waals surface area contributed by atoms with Crippen LogP contribution in [-0.2, 0) is 0 Å². The number of allylic oxidation sites excluding steroid dienone is 1. The molecule has 1 N–H and O–H groups in total. The van der Waals surface area contributed by atoms with Crippen LogP contribution < -0.4 is 5.32 Å². The molecule has 0 aromatic heterocycles. The van der Waals surface area contributed by atoms with Crippen molar-refractivity contribution in [3.05, 3.63) is 42.1 Å². The van der Waals surface area contributed by atoms with E-state index in [2.05, 4.69) is 36.5 Å². The molecule has 0 bridgehead atoms. The fourth-order valence-electron chi connectivity index (χ4n) is 0.829. The highest BCUT2D eigenvalue weighted by Gasteiger charge is 1.85. The summed E-state index contributed by atoms with van der Waals surface area (Å²) in [4.78, 5) is 0. The lowest BCUT2D eigenvalue weighted by Gasteiger charge is -1.99. The van der Waals surface area contributed by atoms with Gasteiger partial charge >= 0.3 is 0 Å². The van der Waals surface area contributed by atoms with Crippen molar-refractivity contribution in [2.75, 3.05) is 5.32 Å². The first-order chi connectivity index (χ1) is 6.33. The third-order valence-corrected chi connectivity index (χ3v) is 1.47. The van der Waals surface area contributed by atoms with E-state index in [1.165, 1.54) is 5.56 Å². The average molecular weight is 177 g/mol. The molecule has 1 aromatic rings. The van der Waals surface area contributed by atoms with E-state index in [1.54, 1.807) is 0 Å². The molecule has 0 aliphatic heterocycles. The van der Waals surface area contributed by atoms with Crippen molar-refractivity contribution < 1.29 is 0 Å². The van der Waals surface area contributed by atoms with Gasteiger partial charge in [0.15, 0.2) is 0 Å². The lowest BCUT2D eigenvalue weighted by molar-refractivity contribution is 1.45. The number of rotatable bonds is 2. The highest BCUT2D eigenvalue weighted by molar-refractivity contribution is 5.46. The van der Waals surface area contributed by atoms with Gasteiger partial charge in [0.2, 0.25) is 0 Å². The summed E-state index contributed by atoms with van der Waals surface area (Å²) in [5.41, 5.74) is 2.42. The molecule has 0 saturated heterocycles. The summed E-state index contributed by atoms with van der Waals surface area (Å²) in [6.45, 7) is 8.07. The zero-order valence-electron chi connectivity index (χ0n) is 8.96. The SMILES string of the molecule is C/C=C\Nc1ccc(C)cc1.CC. The topological polar surface area (TPSA) is 12.0 Å². The van der Waals surface area contributed by atoms with E-state index in [0.29, 0.717) is 0 Å². The second kappa shape index (κ2) is 7.41. The molecule has 1 rings (SSSR count). The summed E-state index contributed by atoms with van der Waals surface area (Å²) in [6, 6.07) is 8.31. The summed E-state index contributed by atoms with van der Waals surface area (Å²) in [7, 11) is 0. The lowest BCUT2D eigenvalue weighted by atomic mass is 10.2. The standard InChI is InChI=1S/C10H13N.C2H6/c1-3-8-11-10-6-4-9(2)5-7-10;1-2/h3-8,11H,1-2H3;1-2H3/b8-3-;. The molecule has 0 fully saturated rings. The Kier molecular flexibility index (Phi) is 6.70. The van der Waals surface area contributed by atoms with Crippen molar-refractivity contribution in [2.45, 2.75) is 27.7 Å². The van der Waals surface area contributed by atoms with Crippen LogP contribution in [0.5, 0.6) is 0 Å². The second-order valence-electron chi connectivity index (χ2n) is 2.51. The van der Waals surface area contributed by atoms with Crippen LogP contribution in [0.15, 0.2) is 36.5 Å². The molecule has 0 heterocycles. The molecule has 0 unspecified atom stereocenters.